The van der Waals surface area contributed by atoms with Gasteiger partial charge in [0, 0.05) is 18.6 Å². The molecule has 0 amide bonds. The molecule has 0 N–H and O–H groups in total. The minimum atomic E-state index is -1.05. The van der Waals surface area contributed by atoms with Gasteiger partial charge in [0.2, 0.25) is 0 Å². The third-order valence-electron chi connectivity index (χ3n) is 3.89. The van der Waals surface area contributed by atoms with Crippen molar-refractivity contribution < 1.29 is 9.53 Å². The first kappa shape index (κ1) is 15.2. The van der Waals surface area contributed by atoms with Gasteiger partial charge in [-0.2, -0.15) is 0 Å². The highest BCUT2D eigenvalue weighted by Crippen LogP contribution is 2.37. The molecule has 0 unspecified atom stereocenters. The molecule has 108 valence electrons. The highest BCUT2D eigenvalue weighted by Gasteiger charge is 2.44. The maximum Gasteiger partial charge on any atom is 0.199 e. The molecule has 0 saturated carbocycles. The zero-order valence-electron chi connectivity index (χ0n) is 12.5. The lowest BCUT2D eigenvalue weighted by atomic mass is 9.76. The number of ether oxygens (including phenoxy) is 1. The van der Waals surface area contributed by atoms with Crippen molar-refractivity contribution in [3.05, 3.63) is 84.4 Å². The van der Waals surface area contributed by atoms with Crippen LogP contribution in [0.25, 0.3) is 0 Å². The Morgan fingerprint density at radius 2 is 1.62 bits per heavy atom. The van der Waals surface area contributed by atoms with Crippen LogP contribution >= 0.6 is 0 Å². The number of ketones is 1. The van der Waals surface area contributed by atoms with Crippen LogP contribution in [-0.4, -0.2) is 12.9 Å². The Morgan fingerprint density at radius 1 is 1.10 bits per heavy atom. The summed E-state index contributed by atoms with van der Waals surface area (Å²) in [6, 6.07) is 18.8. The normalized spacial score (nSPS) is 15.0. The Bertz CT molecular complexity index is 604. The lowest BCUT2D eigenvalue weighted by Gasteiger charge is -2.35. The van der Waals surface area contributed by atoms with E-state index >= 15 is 0 Å². The summed E-state index contributed by atoms with van der Waals surface area (Å²) in [7, 11) is 1.58. The van der Waals surface area contributed by atoms with E-state index in [1.54, 1.807) is 13.2 Å². The van der Waals surface area contributed by atoms with Crippen LogP contribution in [0.2, 0.25) is 0 Å². The number of carbonyl (C=O) groups is 1. The van der Waals surface area contributed by atoms with Crippen LogP contribution < -0.4 is 0 Å². The first-order chi connectivity index (χ1) is 10.2. The van der Waals surface area contributed by atoms with Crippen molar-refractivity contribution in [1.29, 1.82) is 0 Å². The molecule has 2 rings (SSSR count). The fourth-order valence-corrected chi connectivity index (χ4v) is 2.65. The maximum atomic E-state index is 13.1. The molecule has 0 radical (unpaired) electrons. The topological polar surface area (TPSA) is 26.3 Å². The van der Waals surface area contributed by atoms with Crippen molar-refractivity contribution in [2.75, 3.05) is 7.11 Å². The zero-order chi connectivity index (χ0) is 15.3. The van der Waals surface area contributed by atoms with Crippen molar-refractivity contribution in [1.82, 2.24) is 0 Å². The van der Waals surface area contributed by atoms with Crippen LogP contribution in [0.3, 0.4) is 0 Å². The van der Waals surface area contributed by atoms with Crippen LogP contribution in [0, 0.1) is 5.92 Å². The van der Waals surface area contributed by atoms with Crippen molar-refractivity contribution in [2.24, 2.45) is 5.92 Å². The molecular weight excluding hydrogens is 260 g/mol. The van der Waals surface area contributed by atoms with E-state index in [1.165, 1.54) is 0 Å². The number of carbonyl (C=O) groups excluding carboxylic acids is 1. The van der Waals surface area contributed by atoms with Gasteiger partial charge < -0.3 is 4.74 Å². The van der Waals surface area contributed by atoms with Crippen molar-refractivity contribution >= 4 is 5.78 Å². The minimum absolute atomic E-state index is 0.0517. The lowest BCUT2D eigenvalue weighted by Crippen LogP contribution is -2.43. The van der Waals surface area contributed by atoms with Crippen LogP contribution in [0.4, 0.5) is 0 Å². The average Bonchev–Trinajstić information content (AvgIpc) is 2.57. The fourth-order valence-electron chi connectivity index (χ4n) is 2.65. The van der Waals surface area contributed by atoms with Gasteiger partial charge in [0.15, 0.2) is 11.4 Å². The van der Waals surface area contributed by atoms with Gasteiger partial charge in [0.05, 0.1) is 0 Å². The molecular formula is C19H20O2. The number of hydrogen-bond acceptors (Lipinski definition) is 2. The van der Waals surface area contributed by atoms with Gasteiger partial charge in [-0.15, -0.1) is 6.58 Å². The molecule has 0 spiro atoms. The summed E-state index contributed by atoms with van der Waals surface area (Å²) in [4.78, 5) is 13.1. The molecule has 21 heavy (non-hydrogen) atoms. The Labute approximate surface area is 126 Å². The standard InChI is InChI=1S/C19H20O2/c1-4-15(2)19(21-3,17-13-9-6-10-14-17)18(20)16-11-7-5-8-12-16/h4-15H,1H2,2-3H3/t15-,19+/m0/s1. The smallest absolute Gasteiger partial charge is 0.199 e. The molecule has 0 aliphatic rings. The van der Waals surface area contributed by atoms with Gasteiger partial charge in [0.1, 0.15) is 0 Å². The monoisotopic (exact) mass is 280 g/mol. The molecule has 0 heterocycles. The van der Waals surface area contributed by atoms with Gasteiger partial charge in [-0.1, -0.05) is 73.7 Å². The Balaban J connectivity index is 2.61. The molecule has 0 bridgehead atoms. The second-order valence-electron chi connectivity index (χ2n) is 5.03. The molecule has 2 nitrogen and oxygen atoms in total. The molecule has 0 fully saturated rings. The van der Waals surface area contributed by atoms with Crippen molar-refractivity contribution in [3.8, 4) is 0 Å². The van der Waals surface area contributed by atoms with Crippen LogP contribution in [-0.2, 0) is 10.3 Å². The quantitative estimate of drug-likeness (QED) is 0.584. The fraction of sp³-hybridized carbons (Fsp3) is 0.211. The molecule has 0 aromatic heterocycles. The van der Waals surface area contributed by atoms with E-state index in [2.05, 4.69) is 6.58 Å². The first-order valence-electron chi connectivity index (χ1n) is 7.00. The van der Waals surface area contributed by atoms with E-state index in [0.29, 0.717) is 5.56 Å². The van der Waals surface area contributed by atoms with E-state index in [4.69, 9.17) is 4.74 Å². The molecule has 0 aliphatic heterocycles. The SMILES string of the molecule is C=C[C@H](C)[C@](OC)(C(=O)c1ccccc1)c1ccccc1. The summed E-state index contributed by atoms with van der Waals surface area (Å²) in [5.74, 6) is -0.207. The molecule has 2 aromatic carbocycles. The summed E-state index contributed by atoms with van der Waals surface area (Å²) in [6.45, 7) is 5.79. The number of benzene rings is 2. The second kappa shape index (κ2) is 6.51. The second-order valence-corrected chi connectivity index (χ2v) is 5.03. The number of rotatable bonds is 6. The van der Waals surface area contributed by atoms with E-state index in [0.717, 1.165) is 5.56 Å². The van der Waals surface area contributed by atoms with Crippen LogP contribution in [0.15, 0.2) is 73.3 Å². The summed E-state index contributed by atoms with van der Waals surface area (Å²) in [5, 5.41) is 0. The maximum absolute atomic E-state index is 13.1. The molecule has 2 aromatic rings. The summed E-state index contributed by atoms with van der Waals surface area (Å²) < 4.78 is 5.77. The molecule has 2 atom stereocenters. The van der Waals surface area contributed by atoms with E-state index in [9.17, 15) is 4.79 Å². The predicted octanol–water partition coefficient (Wildman–Crippen LogP) is 4.23. The number of hydrogen-bond donors (Lipinski definition) is 0. The minimum Gasteiger partial charge on any atom is -0.365 e. The van der Waals surface area contributed by atoms with E-state index < -0.39 is 5.60 Å². The zero-order valence-corrected chi connectivity index (χ0v) is 12.5. The first-order valence-corrected chi connectivity index (χ1v) is 7.00. The van der Waals surface area contributed by atoms with E-state index in [-0.39, 0.29) is 11.7 Å². The Hall–Kier alpha value is -2.19. The largest absolute Gasteiger partial charge is 0.365 e. The summed E-state index contributed by atoms with van der Waals surface area (Å²) >= 11 is 0. The number of methoxy groups -OCH3 is 1. The average molecular weight is 280 g/mol. The van der Waals surface area contributed by atoms with Gasteiger partial charge in [-0.25, -0.2) is 0 Å². The Morgan fingerprint density at radius 3 is 2.10 bits per heavy atom. The van der Waals surface area contributed by atoms with Gasteiger partial charge in [-0.3, -0.25) is 4.79 Å². The molecule has 0 saturated heterocycles. The van der Waals surface area contributed by atoms with Gasteiger partial charge in [0.25, 0.3) is 0 Å². The summed E-state index contributed by atoms with van der Waals surface area (Å²) in [5.41, 5.74) is 0.426. The van der Waals surface area contributed by atoms with Crippen molar-refractivity contribution in [3.63, 3.8) is 0 Å². The predicted molar refractivity (Wildman–Crippen MR) is 85.3 cm³/mol. The van der Waals surface area contributed by atoms with Crippen LogP contribution in [0.5, 0.6) is 0 Å². The lowest BCUT2D eigenvalue weighted by molar-refractivity contribution is -0.0227. The number of Topliss-reactive ketones (excluding diaryl/α,β-unsaturated/α-hetero) is 1. The highest BCUT2D eigenvalue weighted by molar-refractivity contribution is 6.03. The highest BCUT2D eigenvalue weighted by atomic mass is 16.5. The van der Waals surface area contributed by atoms with Gasteiger partial charge in [-0.05, 0) is 5.56 Å². The van der Waals surface area contributed by atoms with Crippen LogP contribution in [0.1, 0.15) is 22.8 Å². The van der Waals surface area contributed by atoms with Crippen molar-refractivity contribution in [2.45, 2.75) is 12.5 Å². The molecule has 0 aliphatic carbocycles. The van der Waals surface area contributed by atoms with Gasteiger partial charge >= 0.3 is 0 Å². The third kappa shape index (κ3) is 2.67. The summed E-state index contributed by atoms with van der Waals surface area (Å²) in [6.07, 6.45) is 1.76. The third-order valence-corrected chi connectivity index (χ3v) is 3.89. The molecule has 2 heteroatoms. The Kier molecular flexibility index (Phi) is 4.71. The van der Waals surface area contributed by atoms with E-state index in [1.807, 2.05) is 67.6 Å².